The third kappa shape index (κ3) is 3.71. The highest BCUT2D eigenvalue weighted by molar-refractivity contribution is 4.86. The first-order valence-corrected chi connectivity index (χ1v) is 8.16. The second kappa shape index (κ2) is 6.38. The monoisotopic (exact) mass is 252 g/mol. The molecule has 1 saturated heterocycles. The summed E-state index contributed by atoms with van der Waals surface area (Å²) in [6.07, 6.45) is 9.72. The van der Waals surface area contributed by atoms with Crippen LogP contribution in [0.2, 0.25) is 0 Å². The van der Waals surface area contributed by atoms with Gasteiger partial charge in [-0.05, 0) is 64.1 Å². The van der Waals surface area contributed by atoms with E-state index in [4.69, 9.17) is 0 Å². The maximum atomic E-state index is 3.64. The Hall–Kier alpha value is -0.0800. The summed E-state index contributed by atoms with van der Waals surface area (Å²) in [5, 5.41) is 3.64. The first-order chi connectivity index (χ1) is 8.69. The third-order valence-corrected chi connectivity index (χ3v) is 5.55. The summed E-state index contributed by atoms with van der Waals surface area (Å²) in [5.41, 5.74) is 0.669. The van der Waals surface area contributed by atoms with Crippen molar-refractivity contribution < 1.29 is 0 Å². The number of nitrogens with one attached hydrogen (secondary N) is 1. The van der Waals surface area contributed by atoms with Crippen molar-refractivity contribution in [1.82, 2.24) is 10.2 Å². The Balaban J connectivity index is 1.67. The van der Waals surface area contributed by atoms with Crippen LogP contribution >= 0.6 is 0 Å². The molecular weight excluding hydrogens is 220 g/mol. The predicted octanol–water partition coefficient (Wildman–Crippen LogP) is 3.42. The highest BCUT2D eigenvalue weighted by Crippen LogP contribution is 2.38. The molecule has 0 radical (unpaired) electrons. The molecule has 1 aliphatic carbocycles. The van der Waals surface area contributed by atoms with E-state index in [1.54, 1.807) is 0 Å². The van der Waals surface area contributed by atoms with Gasteiger partial charge >= 0.3 is 0 Å². The molecule has 1 unspecified atom stereocenters. The highest BCUT2D eigenvalue weighted by atomic mass is 15.2. The first-order valence-electron chi connectivity index (χ1n) is 8.16. The Morgan fingerprint density at radius 1 is 1.17 bits per heavy atom. The lowest BCUT2D eigenvalue weighted by Gasteiger charge is -2.43. The van der Waals surface area contributed by atoms with Gasteiger partial charge in [0.05, 0.1) is 0 Å². The SMILES string of the molecule is CCC1(CC)CCN(C(C)CCNC2CC2)CC1. The maximum absolute atomic E-state index is 3.64. The zero-order chi connectivity index (χ0) is 13.0. The van der Waals surface area contributed by atoms with Crippen LogP contribution in [0.15, 0.2) is 0 Å². The van der Waals surface area contributed by atoms with Crippen LogP contribution in [-0.2, 0) is 0 Å². The third-order valence-electron chi connectivity index (χ3n) is 5.55. The van der Waals surface area contributed by atoms with Crippen molar-refractivity contribution in [2.45, 2.75) is 77.8 Å². The topological polar surface area (TPSA) is 15.3 Å². The van der Waals surface area contributed by atoms with Gasteiger partial charge in [-0.15, -0.1) is 0 Å². The molecule has 0 bridgehead atoms. The standard InChI is InChI=1S/C16H32N2/c1-4-16(5-2)9-12-18(13-10-16)14(3)8-11-17-15-6-7-15/h14-15,17H,4-13H2,1-3H3. The van der Waals surface area contributed by atoms with Gasteiger partial charge in [0.1, 0.15) is 0 Å². The second-order valence-electron chi connectivity index (χ2n) is 6.61. The molecule has 1 saturated carbocycles. The lowest BCUT2D eigenvalue weighted by Crippen LogP contribution is -2.44. The number of nitrogens with zero attached hydrogens (tertiary/aromatic N) is 1. The van der Waals surface area contributed by atoms with Gasteiger partial charge in [0.25, 0.3) is 0 Å². The van der Waals surface area contributed by atoms with E-state index in [2.05, 4.69) is 31.0 Å². The van der Waals surface area contributed by atoms with Gasteiger partial charge in [0, 0.05) is 12.1 Å². The molecular formula is C16H32N2. The van der Waals surface area contributed by atoms with E-state index in [0.717, 1.165) is 12.1 Å². The lowest BCUT2D eigenvalue weighted by molar-refractivity contribution is 0.0686. The molecule has 0 spiro atoms. The Labute approximate surface area is 114 Å². The molecule has 18 heavy (non-hydrogen) atoms. The number of rotatable bonds is 7. The molecule has 0 amide bonds. The van der Waals surface area contributed by atoms with Gasteiger partial charge in [-0.2, -0.15) is 0 Å². The molecule has 0 aromatic rings. The maximum Gasteiger partial charge on any atom is 0.00790 e. The van der Waals surface area contributed by atoms with E-state index in [9.17, 15) is 0 Å². The summed E-state index contributed by atoms with van der Waals surface area (Å²) < 4.78 is 0. The normalized spacial score (nSPS) is 26.2. The number of hydrogen-bond acceptors (Lipinski definition) is 2. The minimum absolute atomic E-state index is 0.669. The van der Waals surface area contributed by atoms with Crippen LogP contribution in [0.5, 0.6) is 0 Å². The van der Waals surface area contributed by atoms with Crippen molar-refractivity contribution in [3.05, 3.63) is 0 Å². The van der Waals surface area contributed by atoms with E-state index in [0.29, 0.717) is 5.41 Å². The van der Waals surface area contributed by atoms with Gasteiger partial charge in [0.15, 0.2) is 0 Å². The smallest absolute Gasteiger partial charge is 0.00790 e. The molecule has 2 fully saturated rings. The van der Waals surface area contributed by atoms with Gasteiger partial charge in [-0.3, -0.25) is 0 Å². The van der Waals surface area contributed by atoms with Crippen LogP contribution in [-0.4, -0.2) is 36.6 Å². The lowest BCUT2D eigenvalue weighted by atomic mass is 9.74. The Morgan fingerprint density at radius 2 is 1.78 bits per heavy atom. The van der Waals surface area contributed by atoms with Crippen molar-refractivity contribution in [2.75, 3.05) is 19.6 Å². The van der Waals surface area contributed by atoms with E-state index >= 15 is 0 Å². The molecule has 2 rings (SSSR count). The van der Waals surface area contributed by atoms with Crippen molar-refractivity contribution in [2.24, 2.45) is 5.41 Å². The summed E-state index contributed by atoms with van der Waals surface area (Å²) in [7, 11) is 0. The molecule has 2 heteroatoms. The zero-order valence-electron chi connectivity index (χ0n) is 12.7. The molecule has 1 atom stereocenters. The molecule has 106 valence electrons. The van der Waals surface area contributed by atoms with E-state index in [1.807, 2.05) is 0 Å². The van der Waals surface area contributed by atoms with Crippen molar-refractivity contribution in [3.8, 4) is 0 Å². The summed E-state index contributed by atoms with van der Waals surface area (Å²) >= 11 is 0. The summed E-state index contributed by atoms with van der Waals surface area (Å²) in [4.78, 5) is 2.72. The predicted molar refractivity (Wildman–Crippen MR) is 78.9 cm³/mol. The van der Waals surface area contributed by atoms with Crippen molar-refractivity contribution in [1.29, 1.82) is 0 Å². The average molecular weight is 252 g/mol. The van der Waals surface area contributed by atoms with Crippen LogP contribution in [0.4, 0.5) is 0 Å². The van der Waals surface area contributed by atoms with E-state index in [1.165, 1.54) is 64.6 Å². The summed E-state index contributed by atoms with van der Waals surface area (Å²) in [6, 6.07) is 1.63. The largest absolute Gasteiger partial charge is 0.314 e. The van der Waals surface area contributed by atoms with Crippen LogP contribution in [0.3, 0.4) is 0 Å². The van der Waals surface area contributed by atoms with Crippen molar-refractivity contribution >= 4 is 0 Å². The van der Waals surface area contributed by atoms with Gasteiger partial charge < -0.3 is 10.2 Å². The van der Waals surface area contributed by atoms with Crippen LogP contribution in [0, 0.1) is 5.41 Å². The second-order valence-corrected chi connectivity index (χ2v) is 6.61. The Kier molecular flexibility index (Phi) is 5.08. The van der Waals surface area contributed by atoms with Crippen LogP contribution < -0.4 is 5.32 Å². The number of likely N-dealkylation sites (tertiary alicyclic amines) is 1. The molecule has 0 aromatic carbocycles. The van der Waals surface area contributed by atoms with Crippen LogP contribution in [0.25, 0.3) is 0 Å². The number of hydrogen-bond donors (Lipinski definition) is 1. The van der Waals surface area contributed by atoms with E-state index < -0.39 is 0 Å². The molecule has 1 heterocycles. The molecule has 1 aliphatic heterocycles. The minimum Gasteiger partial charge on any atom is -0.314 e. The average Bonchev–Trinajstić information content (AvgIpc) is 3.23. The molecule has 2 aliphatic rings. The first kappa shape index (κ1) is 14.3. The van der Waals surface area contributed by atoms with Gasteiger partial charge in [-0.25, -0.2) is 0 Å². The Morgan fingerprint density at radius 3 is 2.28 bits per heavy atom. The van der Waals surface area contributed by atoms with Crippen molar-refractivity contribution in [3.63, 3.8) is 0 Å². The summed E-state index contributed by atoms with van der Waals surface area (Å²) in [6.45, 7) is 11.0. The minimum atomic E-state index is 0.669. The fourth-order valence-corrected chi connectivity index (χ4v) is 3.36. The van der Waals surface area contributed by atoms with Gasteiger partial charge in [0.2, 0.25) is 0 Å². The summed E-state index contributed by atoms with van der Waals surface area (Å²) in [5.74, 6) is 0. The number of piperidine rings is 1. The van der Waals surface area contributed by atoms with Crippen LogP contribution in [0.1, 0.15) is 65.7 Å². The van der Waals surface area contributed by atoms with Gasteiger partial charge in [-0.1, -0.05) is 26.7 Å². The quantitative estimate of drug-likeness (QED) is 0.747. The Bertz CT molecular complexity index is 233. The van der Waals surface area contributed by atoms with E-state index in [-0.39, 0.29) is 0 Å². The highest BCUT2D eigenvalue weighted by Gasteiger charge is 2.32. The zero-order valence-corrected chi connectivity index (χ0v) is 12.7. The fraction of sp³-hybridized carbons (Fsp3) is 1.00. The molecule has 0 aromatic heterocycles. The fourth-order valence-electron chi connectivity index (χ4n) is 3.36. The molecule has 1 N–H and O–H groups in total. The molecule has 2 nitrogen and oxygen atoms in total.